The highest BCUT2D eigenvalue weighted by Gasteiger charge is 2.28. The summed E-state index contributed by atoms with van der Waals surface area (Å²) in [4.78, 5) is 37.5. The normalized spacial score (nSPS) is 14.8. The van der Waals surface area contributed by atoms with Crippen molar-refractivity contribution in [2.24, 2.45) is 5.92 Å². The minimum absolute atomic E-state index is 0.158. The average Bonchev–Trinajstić information content (AvgIpc) is 2.62. The number of para-hydroxylation sites is 1. The number of amides is 2. The third-order valence-corrected chi connectivity index (χ3v) is 3.98. The Kier molecular flexibility index (Phi) is 6.17. The van der Waals surface area contributed by atoms with E-state index in [2.05, 4.69) is 5.32 Å². The lowest BCUT2D eigenvalue weighted by atomic mass is 9.96. The first kappa shape index (κ1) is 17.8. The van der Waals surface area contributed by atoms with Gasteiger partial charge in [0.15, 0.2) is 0 Å². The SMILES string of the molecule is CCOC(=O)N1CCC(C(=O)Nc2ccccc2C(=O)OC)CC1. The molecule has 1 saturated heterocycles. The molecule has 0 atom stereocenters. The number of ether oxygens (including phenoxy) is 2. The van der Waals surface area contributed by atoms with E-state index in [4.69, 9.17) is 9.47 Å². The van der Waals surface area contributed by atoms with Crippen molar-refractivity contribution < 1.29 is 23.9 Å². The molecule has 1 aromatic carbocycles. The van der Waals surface area contributed by atoms with Crippen molar-refractivity contribution in [2.75, 3.05) is 32.1 Å². The zero-order valence-electron chi connectivity index (χ0n) is 13.9. The Morgan fingerprint density at radius 2 is 1.88 bits per heavy atom. The van der Waals surface area contributed by atoms with E-state index < -0.39 is 5.97 Å². The van der Waals surface area contributed by atoms with Crippen molar-refractivity contribution in [3.63, 3.8) is 0 Å². The van der Waals surface area contributed by atoms with Crippen molar-refractivity contribution >= 4 is 23.7 Å². The zero-order chi connectivity index (χ0) is 17.5. The Balaban J connectivity index is 1.95. The summed E-state index contributed by atoms with van der Waals surface area (Å²) in [5.74, 6) is -0.862. The van der Waals surface area contributed by atoms with Crippen molar-refractivity contribution in [3.8, 4) is 0 Å². The number of nitrogens with zero attached hydrogens (tertiary/aromatic N) is 1. The molecule has 1 fully saturated rings. The van der Waals surface area contributed by atoms with Gasteiger partial charge in [0.2, 0.25) is 5.91 Å². The molecule has 2 rings (SSSR count). The van der Waals surface area contributed by atoms with Gasteiger partial charge in [0.25, 0.3) is 0 Å². The fourth-order valence-electron chi connectivity index (χ4n) is 2.65. The van der Waals surface area contributed by atoms with Gasteiger partial charge in [-0.05, 0) is 31.9 Å². The van der Waals surface area contributed by atoms with Crippen LogP contribution in [0.3, 0.4) is 0 Å². The lowest BCUT2D eigenvalue weighted by Gasteiger charge is -2.30. The van der Waals surface area contributed by atoms with Crippen LogP contribution in [0.4, 0.5) is 10.5 Å². The second-order valence-electron chi connectivity index (χ2n) is 5.49. The Morgan fingerprint density at radius 3 is 2.50 bits per heavy atom. The standard InChI is InChI=1S/C17H22N2O5/c1-3-24-17(22)19-10-8-12(9-11-19)15(20)18-14-7-5-4-6-13(14)16(21)23-2/h4-7,12H,3,8-11H2,1-2H3,(H,18,20). The maximum atomic E-state index is 12.4. The van der Waals surface area contributed by atoms with Crippen LogP contribution >= 0.6 is 0 Å². The molecule has 1 aliphatic rings. The van der Waals surface area contributed by atoms with Crippen LogP contribution in [0.2, 0.25) is 0 Å². The van der Waals surface area contributed by atoms with Gasteiger partial charge < -0.3 is 19.7 Å². The number of carbonyl (C=O) groups excluding carboxylic acids is 3. The quantitative estimate of drug-likeness (QED) is 0.854. The highest BCUT2D eigenvalue weighted by molar-refractivity contribution is 6.01. The van der Waals surface area contributed by atoms with E-state index in [0.717, 1.165) is 0 Å². The molecular weight excluding hydrogens is 312 g/mol. The van der Waals surface area contributed by atoms with Crippen molar-refractivity contribution in [1.29, 1.82) is 0 Å². The van der Waals surface area contributed by atoms with Gasteiger partial charge >= 0.3 is 12.1 Å². The molecule has 130 valence electrons. The van der Waals surface area contributed by atoms with E-state index in [1.165, 1.54) is 7.11 Å². The van der Waals surface area contributed by atoms with E-state index in [0.29, 0.717) is 43.8 Å². The molecule has 0 aliphatic carbocycles. The van der Waals surface area contributed by atoms with E-state index in [9.17, 15) is 14.4 Å². The highest BCUT2D eigenvalue weighted by atomic mass is 16.6. The summed E-state index contributed by atoms with van der Waals surface area (Å²) < 4.78 is 9.68. The van der Waals surface area contributed by atoms with E-state index in [1.54, 1.807) is 36.1 Å². The van der Waals surface area contributed by atoms with Gasteiger partial charge in [-0.15, -0.1) is 0 Å². The Hall–Kier alpha value is -2.57. The van der Waals surface area contributed by atoms with Gasteiger partial charge in [-0.2, -0.15) is 0 Å². The zero-order valence-corrected chi connectivity index (χ0v) is 13.9. The lowest BCUT2D eigenvalue weighted by molar-refractivity contribution is -0.121. The number of carbonyl (C=O) groups is 3. The number of methoxy groups -OCH3 is 1. The molecule has 1 heterocycles. The van der Waals surface area contributed by atoms with Gasteiger partial charge in [-0.1, -0.05) is 12.1 Å². The molecule has 24 heavy (non-hydrogen) atoms. The smallest absolute Gasteiger partial charge is 0.409 e. The summed E-state index contributed by atoms with van der Waals surface area (Å²) in [6.07, 6.45) is 0.781. The molecule has 7 heteroatoms. The van der Waals surface area contributed by atoms with Crippen molar-refractivity contribution in [2.45, 2.75) is 19.8 Å². The lowest BCUT2D eigenvalue weighted by Crippen LogP contribution is -2.41. The molecule has 0 saturated carbocycles. The number of likely N-dealkylation sites (tertiary alicyclic amines) is 1. The molecule has 0 aromatic heterocycles. The number of hydrogen-bond donors (Lipinski definition) is 1. The molecule has 0 bridgehead atoms. The number of esters is 1. The van der Waals surface area contributed by atoms with Crippen LogP contribution in [-0.2, 0) is 14.3 Å². The predicted octanol–water partition coefficient (Wildman–Crippen LogP) is 2.28. The summed E-state index contributed by atoms with van der Waals surface area (Å²) >= 11 is 0. The van der Waals surface area contributed by atoms with Crippen LogP contribution in [0.1, 0.15) is 30.1 Å². The summed E-state index contributed by atoms with van der Waals surface area (Å²) in [6, 6.07) is 6.72. The second kappa shape index (κ2) is 8.33. The summed E-state index contributed by atoms with van der Waals surface area (Å²) in [5, 5.41) is 2.79. The van der Waals surface area contributed by atoms with Crippen molar-refractivity contribution in [3.05, 3.63) is 29.8 Å². The molecular formula is C17H22N2O5. The monoisotopic (exact) mass is 334 g/mol. The first-order chi connectivity index (χ1) is 11.6. The van der Waals surface area contributed by atoms with Crippen LogP contribution in [0.25, 0.3) is 0 Å². The van der Waals surface area contributed by atoms with Crippen LogP contribution in [0.15, 0.2) is 24.3 Å². The largest absolute Gasteiger partial charge is 0.465 e. The van der Waals surface area contributed by atoms with Gasteiger partial charge in [0.1, 0.15) is 0 Å². The molecule has 0 radical (unpaired) electrons. The van der Waals surface area contributed by atoms with Gasteiger partial charge in [-0.3, -0.25) is 4.79 Å². The van der Waals surface area contributed by atoms with Gasteiger partial charge in [0.05, 0.1) is 25.0 Å². The molecule has 0 unspecified atom stereocenters. The second-order valence-corrected chi connectivity index (χ2v) is 5.49. The minimum atomic E-state index is -0.497. The maximum absolute atomic E-state index is 12.4. The van der Waals surface area contributed by atoms with E-state index in [1.807, 2.05) is 0 Å². The number of benzene rings is 1. The van der Waals surface area contributed by atoms with Crippen LogP contribution in [-0.4, -0.2) is 49.7 Å². The average molecular weight is 334 g/mol. The number of nitrogens with one attached hydrogen (secondary N) is 1. The Morgan fingerprint density at radius 1 is 1.21 bits per heavy atom. The first-order valence-corrected chi connectivity index (χ1v) is 7.96. The Labute approximate surface area is 140 Å². The molecule has 0 spiro atoms. The van der Waals surface area contributed by atoms with E-state index in [-0.39, 0.29) is 17.9 Å². The number of anilines is 1. The summed E-state index contributed by atoms with van der Waals surface area (Å²) in [7, 11) is 1.30. The minimum Gasteiger partial charge on any atom is -0.465 e. The van der Waals surface area contributed by atoms with E-state index >= 15 is 0 Å². The number of hydrogen-bond acceptors (Lipinski definition) is 5. The maximum Gasteiger partial charge on any atom is 0.409 e. The molecule has 7 nitrogen and oxygen atoms in total. The molecule has 1 aromatic rings. The van der Waals surface area contributed by atoms with Crippen LogP contribution in [0, 0.1) is 5.92 Å². The molecule has 1 aliphatic heterocycles. The van der Waals surface area contributed by atoms with Gasteiger partial charge in [-0.25, -0.2) is 9.59 Å². The predicted molar refractivity (Wildman–Crippen MR) is 87.7 cm³/mol. The molecule has 1 N–H and O–H groups in total. The van der Waals surface area contributed by atoms with Crippen LogP contribution < -0.4 is 5.32 Å². The summed E-state index contributed by atoms with van der Waals surface area (Å²) in [5.41, 5.74) is 0.750. The highest BCUT2D eigenvalue weighted by Crippen LogP contribution is 2.22. The van der Waals surface area contributed by atoms with Gasteiger partial charge in [0, 0.05) is 19.0 Å². The van der Waals surface area contributed by atoms with Crippen LogP contribution in [0.5, 0.6) is 0 Å². The fraction of sp³-hybridized carbons (Fsp3) is 0.471. The number of rotatable bonds is 4. The number of piperidine rings is 1. The first-order valence-electron chi connectivity index (χ1n) is 7.96. The van der Waals surface area contributed by atoms with Crippen molar-refractivity contribution in [1.82, 2.24) is 4.90 Å². The third-order valence-electron chi connectivity index (χ3n) is 3.98. The topological polar surface area (TPSA) is 84.9 Å². The fourth-order valence-corrected chi connectivity index (χ4v) is 2.65. The Bertz CT molecular complexity index is 609. The summed E-state index contributed by atoms with van der Waals surface area (Å²) in [6.45, 7) is 3.06. The third kappa shape index (κ3) is 4.24. The molecule has 2 amide bonds.